The lowest BCUT2D eigenvalue weighted by Gasteiger charge is -2.42. The van der Waals surface area contributed by atoms with Crippen LogP contribution in [0.15, 0.2) is 41.2 Å². The summed E-state index contributed by atoms with van der Waals surface area (Å²) < 4.78 is 21.0. The third-order valence-corrected chi connectivity index (χ3v) is 7.11. The van der Waals surface area contributed by atoms with Crippen molar-refractivity contribution < 1.29 is 23.6 Å². The molecule has 4 heterocycles. The molecule has 3 aromatic rings. The van der Waals surface area contributed by atoms with Crippen LogP contribution in [0.2, 0.25) is 0 Å². The minimum absolute atomic E-state index is 0.0273. The van der Waals surface area contributed by atoms with Crippen LogP contribution in [-0.2, 0) is 16.1 Å². The summed E-state index contributed by atoms with van der Waals surface area (Å²) in [5.41, 5.74) is 1.93. The summed E-state index contributed by atoms with van der Waals surface area (Å²) in [4.78, 5) is 42.2. The molecule has 2 aromatic heterocycles. The molecule has 0 saturated carbocycles. The Morgan fingerprint density at radius 1 is 1.29 bits per heavy atom. The van der Waals surface area contributed by atoms with Gasteiger partial charge in [-0.3, -0.25) is 9.59 Å². The number of likely N-dealkylation sites (tertiary alicyclic amines) is 1. The lowest BCUT2D eigenvalue weighted by molar-refractivity contribution is -0.924. The molecule has 3 N–H and O–H groups in total. The molecular weight excluding hydrogens is 439 g/mol. The van der Waals surface area contributed by atoms with Crippen molar-refractivity contribution in [2.75, 3.05) is 25.0 Å². The number of nitrogens with one attached hydrogen (secondary N) is 3. The van der Waals surface area contributed by atoms with Crippen LogP contribution in [0.5, 0.6) is 0 Å². The fourth-order valence-electron chi connectivity index (χ4n) is 5.47. The molecule has 2 bridgehead atoms. The number of H-pyrrole nitrogens is 1. The van der Waals surface area contributed by atoms with Crippen molar-refractivity contribution in [1.29, 1.82) is 0 Å². The largest absolute Gasteiger partial charge is 0.461 e. The second kappa shape index (κ2) is 8.72. The van der Waals surface area contributed by atoms with Gasteiger partial charge in [-0.25, -0.2) is 9.18 Å². The normalized spacial score (nSPS) is 22.1. The Morgan fingerprint density at radius 2 is 2.12 bits per heavy atom. The van der Waals surface area contributed by atoms with E-state index in [4.69, 9.17) is 4.74 Å². The first-order chi connectivity index (χ1) is 16.4. The summed E-state index contributed by atoms with van der Waals surface area (Å²) in [6.45, 7) is 5.92. The molecule has 178 valence electrons. The number of benzene rings is 1. The number of nitrogens with zero attached hydrogens (tertiary/aromatic N) is 1. The molecule has 1 aromatic carbocycles. The first-order valence-corrected chi connectivity index (χ1v) is 11.7. The molecule has 1 unspecified atom stereocenters. The number of fused-ring (bicyclic) bond motifs is 5. The maximum Gasteiger partial charge on any atom is 0.356 e. The number of hydrogen-bond donors (Lipinski definition) is 3. The number of aromatic nitrogens is 2. The van der Waals surface area contributed by atoms with E-state index >= 15 is 0 Å². The van der Waals surface area contributed by atoms with Gasteiger partial charge in [-0.2, -0.15) is 0 Å². The number of anilines is 1. The van der Waals surface area contributed by atoms with Crippen LogP contribution in [0.25, 0.3) is 10.9 Å². The molecule has 1 saturated heterocycles. The number of carbonyl (C=O) groups is 2. The lowest BCUT2D eigenvalue weighted by atomic mass is 9.82. The number of hydrogen-bond acceptors (Lipinski definition) is 4. The molecule has 9 heteroatoms. The zero-order valence-electron chi connectivity index (χ0n) is 19.2. The maximum atomic E-state index is 14.0. The van der Waals surface area contributed by atoms with Gasteiger partial charge in [0.2, 0.25) is 0 Å². The first kappa shape index (κ1) is 22.3. The summed E-state index contributed by atoms with van der Waals surface area (Å²) >= 11 is 0. The number of rotatable bonds is 5. The van der Waals surface area contributed by atoms with Crippen LogP contribution < -0.4 is 15.8 Å². The highest BCUT2D eigenvalue weighted by Crippen LogP contribution is 2.31. The van der Waals surface area contributed by atoms with Crippen LogP contribution in [-0.4, -0.2) is 47.2 Å². The van der Waals surface area contributed by atoms with Crippen molar-refractivity contribution in [1.82, 2.24) is 9.55 Å². The molecule has 1 amide bonds. The van der Waals surface area contributed by atoms with Gasteiger partial charge in [-0.15, -0.1) is 0 Å². The minimum Gasteiger partial charge on any atom is -0.461 e. The van der Waals surface area contributed by atoms with Crippen LogP contribution in [0.4, 0.5) is 10.1 Å². The van der Waals surface area contributed by atoms with Gasteiger partial charge in [-0.05, 0) is 44.5 Å². The lowest BCUT2D eigenvalue weighted by Crippen LogP contribution is -3.18. The Labute approximate surface area is 195 Å². The third-order valence-electron chi connectivity index (χ3n) is 7.11. The molecule has 0 radical (unpaired) electrons. The highest BCUT2D eigenvalue weighted by molar-refractivity contribution is 6.11. The monoisotopic (exact) mass is 467 g/mol. The van der Waals surface area contributed by atoms with Gasteiger partial charge in [0.25, 0.3) is 11.5 Å². The quantitative estimate of drug-likeness (QED) is 0.498. The second-order valence-electron chi connectivity index (χ2n) is 9.26. The van der Waals surface area contributed by atoms with E-state index in [0.717, 1.165) is 30.1 Å². The first-order valence-electron chi connectivity index (χ1n) is 11.7. The molecular formula is C25H28FN4O4+. The van der Waals surface area contributed by atoms with Gasteiger partial charge in [-0.1, -0.05) is 6.07 Å². The van der Waals surface area contributed by atoms with Gasteiger partial charge >= 0.3 is 5.97 Å². The van der Waals surface area contributed by atoms with Gasteiger partial charge in [0, 0.05) is 41.0 Å². The number of piperidine rings is 1. The maximum absolute atomic E-state index is 14.0. The van der Waals surface area contributed by atoms with E-state index in [1.165, 1.54) is 18.2 Å². The van der Waals surface area contributed by atoms with Gasteiger partial charge in [0.15, 0.2) is 6.04 Å². The van der Waals surface area contributed by atoms with Gasteiger partial charge in [0.05, 0.1) is 25.4 Å². The van der Waals surface area contributed by atoms with E-state index in [0.29, 0.717) is 23.4 Å². The molecule has 2 aliphatic heterocycles. The number of ether oxygens (including phenoxy) is 1. The molecule has 4 atom stereocenters. The Morgan fingerprint density at radius 3 is 2.91 bits per heavy atom. The molecule has 1 fully saturated rings. The van der Waals surface area contributed by atoms with Crippen molar-refractivity contribution in [3.63, 3.8) is 0 Å². The zero-order chi connectivity index (χ0) is 24.0. The second-order valence-corrected chi connectivity index (χ2v) is 9.26. The van der Waals surface area contributed by atoms with Crippen LogP contribution in [0.1, 0.15) is 42.4 Å². The van der Waals surface area contributed by atoms with E-state index < -0.39 is 17.8 Å². The van der Waals surface area contributed by atoms with E-state index in [1.54, 1.807) is 19.1 Å². The summed E-state index contributed by atoms with van der Waals surface area (Å²) in [5, 5.41) is 3.30. The van der Waals surface area contributed by atoms with Crippen LogP contribution in [0, 0.1) is 11.7 Å². The highest BCUT2D eigenvalue weighted by Gasteiger charge is 2.40. The number of aromatic amines is 1. The smallest absolute Gasteiger partial charge is 0.356 e. The fourth-order valence-corrected chi connectivity index (χ4v) is 5.47. The molecule has 34 heavy (non-hydrogen) atoms. The van der Waals surface area contributed by atoms with Crippen molar-refractivity contribution in [2.45, 2.75) is 38.8 Å². The van der Waals surface area contributed by atoms with Crippen LogP contribution >= 0.6 is 0 Å². The number of pyridine rings is 1. The fraction of sp³-hybridized carbons (Fsp3) is 0.400. The van der Waals surface area contributed by atoms with E-state index in [-0.39, 0.29) is 35.4 Å². The van der Waals surface area contributed by atoms with Gasteiger partial charge in [0.1, 0.15) is 11.5 Å². The molecule has 8 nitrogen and oxygen atoms in total. The van der Waals surface area contributed by atoms with Crippen LogP contribution in [0.3, 0.4) is 0 Å². The summed E-state index contributed by atoms with van der Waals surface area (Å²) in [6.07, 6.45) is 1.01. The van der Waals surface area contributed by atoms with Crippen molar-refractivity contribution in [3.05, 3.63) is 64.0 Å². The predicted molar refractivity (Wildman–Crippen MR) is 125 cm³/mol. The SMILES string of the molecule is CCOC(=O)c1[nH]c2ccc(F)cc2c1NC(=O)[C@H](C)[NH+]1C[C@H]2C[C@@H](C1)c1cccc(=O)n1C2. The average molecular weight is 468 g/mol. The van der Waals surface area contributed by atoms with Crippen molar-refractivity contribution in [3.8, 4) is 0 Å². The summed E-state index contributed by atoms with van der Waals surface area (Å²) in [7, 11) is 0. The molecule has 0 aliphatic carbocycles. The highest BCUT2D eigenvalue weighted by atomic mass is 19.1. The topological polar surface area (TPSA) is 97.6 Å². The summed E-state index contributed by atoms with van der Waals surface area (Å²) in [6, 6.07) is 9.11. The Kier molecular flexibility index (Phi) is 5.73. The average Bonchev–Trinajstić information content (AvgIpc) is 3.17. The molecule has 5 rings (SSSR count). The van der Waals surface area contributed by atoms with E-state index in [1.807, 2.05) is 17.6 Å². The molecule has 0 spiro atoms. The standard InChI is InChI=1S/C25H27FN4O4/c1-3-34-25(33)23-22(18-10-17(26)7-8-19(18)27-23)28-24(32)14(2)29-11-15-9-16(13-29)20-5-4-6-21(31)30(20)12-15/h4-8,10,14-16,27H,3,9,11-13H2,1-2H3,(H,28,32)/p+1/t14-,15+,16-/m0/s1. The zero-order valence-corrected chi connectivity index (χ0v) is 19.2. The Balaban J connectivity index is 1.40. The Bertz CT molecular complexity index is 1330. The number of halogens is 1. The van der Waals surface area contributed by atoms with Gasteiger partial charge < -0.3 is 24.5 Å². The molecule has 2 aliphatic rings. The van der Waals surface area contributed by atoms with Crippen molar-refractivity contribution >= 4 is 28.5 Å². The number of esters is 1. The number of carbonyl (C=O) groups excluding carboxylic acids is 2. The Hall–Kier alpha value is -3.46. The van der Waals surface area contributed by atoms with E-state index in [9.17, 15) is 18.8 Å². The third kappa shape index (κ3) is 3.90. The predicted octanol–water partition coefficient (Wildman–Crippen LogP) is 1.67. The summed E-state index contributed by atoms with van der Waals surface area (Å²) in [5.74, 6) is -0.799. The number of quaternary nitrogens is 1. The van der Waals surface area contributed by atoms with E-state index in [2.05, 4.69) is 10.3 Å². The van der Waals surface area contributed by atoms with Crippen molar-refractivity contribution in [2.24, 2.45) is 5.92 Å². The number of amides is 1. The minimum atomic E-state index is -0.607.